The summed E-state index contributed by atoms with van der Waals surface area (Å²) < 4.78 is 28.9. The third-order valence-corrected chi connectivity index (χ3v) is 8.54. The molecule has 0 aliphatic heterocycles. The Kier molecular flexibility index (Phi) is 10.6. The highest BCUT2D eigenvalue weighted by atomic mass is 35.5. The number of carbonyl (C=O) groups is 2. The molecule has 7 nitrogen and oxygen atoms in total. The topological polar surface area (TPSA) is 86.8 Å². The van der Waals surface area contributed by atoms with Crippen LogP contribution in [0.25, 0.3) is 0 Å². The van der Waals surface area contributed by atoms with Gasteiger partial charge < -0.3 is 10.2 Å². The molecule has 0 saturated carbocycles. The van der Waals surface area contributed by atoms with E-state index in [-0.39, 0.29) is 39.1 Å². The third-order valence-electron chi connectivity index (χ3n) is 6.31. The Hall–Kier alpha value is -3.07. The Morgan fingerprint density at radius 1 is 0.875 bits per heavy atom. The monoisotopic (exact) mass is 603 g/mol. The molecule has 214 valence electrons. The van der Waals surface area contributed by atoms with E-state index in [0.717, 1.165) is 21.0 Å². The van der Waals surface area contributed by atoms with Gasteiger partial charge in [-0.25, -0.2) is 8.42 Å². The number of amides is 2. The number of hydrogen-bond acceptors (Lipinski definition) is 4. The van der Waals surface area contributed by atoms with E-state index in [2.05, 4.69) is 5.32 Å². The second-order valence-corrected chi connectivity index (χ2v) is 12.8. The maximum atomic E-state index is 14.1. The molecule has 0 radical (unpaired) electrons. The van der Waals surface area contributed by atoms with Gasteiger partial charge in [-0.1, -0.05) is 77.7 Å². The highest BCUT2D eigenvalue weighted by Crippen LogP contribution is 2.30. The Bertz CT molecular complexity index is 1420. The summed E-state index contributed by atoms with van der Waals surface area (Å²) in [6.07, 6.45) is 0.337. The molecule has 1 atom stereocenters. The lowest BCUT2D eigenvalue weighted by atomic mass is 10.1. The number of rotatable bonds is 11. The molecule has 0 spiro atoms. The van der Waals surface area contributed by atoms with Crippen molar-refractivity contribution in [2.24, 2.45) is 0 Å². The van der Waals surface area contributed by atoms with Gasteiger partial charge in [0.25, 0.3) is 10.0 Å². The van der Waals surface area contributed by atoms with E-state index < -0.39 is 28.5 Å². The van der Waals surface area contributed by atoms with Gasteiger partial charge in [0.1, 0.15) is 12.6 Å². The number of anilines is 1. The molecular formula is C30H35Cl2N3O4S. The van der Waals surface area contributed by atoms with Crippen molar-refractivity contribution in [2.75, 3.05) is 10.8 Å². The quantitative estimate of drug-likeness (QED) is 0.285. The predicted octanol–water partition coefficient (Wildman–Crippen LogP) is 6.14. The van der Waals surface area contributed by atoms with E-state index in [9.17, 15) is 18.0 Å². The van der Waals surface area contributed by atoms with Gasteiger partial charge in [-0.2, -0.15) is 0 Å². The molecule has 0 saturated heterocycles. The van der Waals surface area contributed by atoms with Gasteiger partial charge in [0.05, 0.1) is 10.6 Å². The van der Waals surface area contributed by atoms with Crippen LogP contribution in [0.15, 0.2) is 71.6 Å². The maximum absolute atomic E-state index is 14.1. The number of nitrogens with zero attached hydrogens (tertiary/aromatic N) is 2. The van der Waals surface area contributed by atoms with Gasteiger partial charge in [-0.3, -0.25) is 13.9 Å². The van der Waals surface area contributed by atoms with Crippen LogP contribution in [0.4, 0.5) is 5.69 Å². The lowest BCUT2D eigenvalue weighted by molar-refractivity contribution is -0.140. The minimum Gasteiger partial charge on any atom is -0.352 e. The normalized spacial score (nSPS) is 12.2. The number of aryl methyl sites for hydroxylation is 2. The fourth-order valence-electron chi connectivity index (χ4n) is 4.24. The van der Waals surface area contributed by atoms with Gasteiger partial charge in [0, 0.05) is 22.6 Å². The molecule has 2 amide bonds. The summed E-state index contributed by atoms with van der Waals surface area (Å²) in [6, 6.07) is 17.4. The van der Waals surface area contributed by atoms with E-state index in [0.29, 0.717) is 6.42 Å². The first kappa shape index (κ1) is 31.5. The van der Waals surface area contributed by atoms with Crippen molar-refractivity contribution < 1.29 is 18.0 Å². The lowest BCUT2D eigenvalue weighted by Gasteiger charge is -2.33. The fraction of sp³-hybridized carbons (Fsp3) is 0.333. The van der Waals surface area contributed by atoms with E-state index >= 15 is 0 Å². The van der Waals surface area contributed by atoms with Crippen molar-refractivity contribution in [3.05, 3.63) is 93.5 Å². The van der Waals surface area contributed by atoms with Crippen LogP contribution in [0, 0.1) is 13.8 Å². The molecule has 10 heteroatoms. The Labute approximate surface area is 247 Å². The number of carbonyl (C=O) groups excluding carboxylic acids is 2. The highest BCUT2D eigenvalue weighted by molar-refractivity contribution is 7.92. The van der Waals surface area contributed by atoms with E-state index in [1.807, 2.05) is 58.9 Å². The van der Waals surface area contributed by atoms with Crippen molar-refractivity contribution >= 4 is 50.7 Å². The summed E-state index contributed by atoms with van der Waals surface area (Å²) in [5.41, 5.74) is 2.90. The average Bonchev–Trinajstić information content (AvgIpc) is 2.87. The van der Waals surface area contributed by atoms with Crippen molar-refractivity contribution in [1.82, 2.24) is 10.2 Å². The van der Waals surface area contributed by atoms with Gasteiger partial charge in [0.15, 0.2) is 0 Å². The van der Waals surface area contributed by atoms with Crippen LogP contribution in [-0.2, 0) is 26.2 Å². The largest absolute Gasteiger partial charge is 0.352 e. The number of halogens is 2. The standard InChI is InChI=1S/C30H35Cl2N3O4S/c1-6-28(30(37)33-20(2)3)34(18-23-11-7-21(4)8-12-23)29(36)19-35(26-16-24(31)15-25(32)17-26)40(38,39)27-13-9-22(5)10-14-27/h7-17,20,28H,6,18-19H2,1-5H3,(H,33,37). The zero-order chi connectivity index (χ0) is 29.6. The first-order valence-electron chi connectivity index (χ1n) is 13.0. The number of benzene rings is 3. The Morgan fingerprint density at radius 3 is 1.90 bits per heavy atom. The minimum absolute atomic E-state index is 0.0108. The van der Waals surface area contributed by atoms with E-state index in [4.69, 9.17) is 23.2 Å². The predicted molar refractivity (Wildman–Crippen MR) is 161 cm³/mol. The van der Waals surface area contributed by atoms with Crippen LogP contribution in [0.3, 0.4) is 0 Å². The summed E-state index contributed by atoms with van der Waals surface area (Å²) in [5, 5.41) is 3.33. The van der Waals surface area contributed by atoms with Crippen molar-refractivity contribution in [3.8, 4) is 0 Å². The van der Waals surface area contributed by atoms with Gasteiger partial charge in [0.2, 0.25) is 11.8 Å². The molecule has 3 aromatic rings. The Balaban J connectivity index is 2.09. The minimum atomic E-state index is -4.22. The molecule has 3 aromatic carbocycles. The molecule has 1 N–H and O–H groups in total. The fourth-order valence-corrected chi connectivity index (χ4v) is 6.15. The second-order valence-electron chi connectivity index (χ2n) is 10.0. The SMILES string of the molecule is CCC(C(=O)NC(C)C)N(Cc1ccc(C)cc1)C(=O)CN(c1cc(Cl)cc(Cl)c1)S(=O)(=O)c1ccc(C)cc1. The zero-order valence-corrected chi connectivity index (χ0v) is 25.6. The molecule has 1 unspecified atom stereocenters. The molecule has 0 bridgehead atoms. The molecule has 0 heterocycles. The maximum Gasteiger partial charge on any atom is 0.264 e. The molecule has 0 aromatic heterocycles. The molecular weight excluding hydrogens is 569 g/mol. The van der Waals surface area contributed by atoms with Gasteiger partial charge in [-0.05, 0) is 70.0 Å². The number of hydrogen-bond donors (Lipinski definition) is 1. The van der Waals surface area contributed by atoms with Crippen molar-refractivity contribution in [2.45, 2.75) is 64.6 Å². The Morgan fingerprint density at radius 2 is 1.40 bits per heavy atom. The smallest absolute Gasteiger partial charge is 0.264 e. The summed E-state index contributed by atoms with van der Waals surface area (Å²) in [5.74, 6) is -0.852. The highest BCUT2D eigenvalue weighted by Gasteiger charge is 2.34. The van der Waals surface area contributed by atoms with Crippen LogP contribution >= 0.6 is 23.2 Å². The van der Waals surface area contributed by atoms with E-state index in [1.165, 1.54) is 35.2 Å². The summed E-state index contributed by atoms with van der Waals surface area (Å²) in [7, 11) is -4.22. The van der Waals surface area contributed by atoms with Crippen LogP contribution in [0.2, 0.25) is 10.0 Å². The summed E-state index contributed by atoms with van der Waals surface area (Å²) in [6.45, 7) is 8.87. The zero-order valence-electron chi connectivity index (χ0n) is 23.3. The summed E-state index contributed by atoms with van der Waals surface area (Å²) in [4.78, 5) is 28.7. The molecule has 0 aliphatic rings. The van der Waals surface area contributed by atoms with E-state index in [1.54, 1.807) is 12.1 Å². The molecule has 40 heavy (non-hydrogen) atoms. The molecule has 0 aliphatic carbocycles. The van der Waals surface area contributed by atoms with Gasteiger partial charge in [-0.15, -0.1) is 0 Å². The lowest BCUT2D eigenvalue weighted by Crippen LogP contribution is -2.53. The van der Waals surface area contributed by atoms with Crippen molar-refractivity contribution in [3.63, 3.8) is 0 Å². The van der Waals surface area contributed by atoms with Crippen LogP contribution in [0.1, 0.15) is 43.9 Å². The van der Waals surface area contributed by atoms with Crippen LogP contribution in [0.5, 0.6) is 0 Å². The van der Waals surface area contributed by atoms with Crippen LogP contribution < -0.4 is 9.62 Å². The first-order valence-corrected chi connectivity index (χ1v) is 15.2. The number of sulfonamides is 1. The molecule has 0 fully saturated rings. The summed E-state index contributed by atoms with van der Waals surface area (Å²) >= 11 is 12.5. The second kappa shape index (κ2) is 13.5. The first-order chi connectivity index (χ1) is 18.8. The number of nitrogens with one attached hydrogen (secondary N) is 1. The average molecular weight is 605 g/mol. The molecule has 3 rings (SSSR count). The van der Waals surface area contributed by atoms with Crippen molar-refractivity contribution in [1.29, 1.82) is 0 Å². The van der Waals surface area contributed by atoms with Gasteiger partial charge >= 0.3 is 0 Å². The third kappa shape index (κ3) is 7.99. The van der Waals surface area contributed by atoms with Crippen LogP contribution in [-0.4, -0.2) is 43.8 Å².